The molecule has 0 saturated heterocycles. The van der Waals surface area contributed by atoms with E-state index in [1.165, 1.54) is 11.8 Å². The van der Waals surface area contributed by atoms with Gasteiger partial charge in [-0.05, 0) is 37.0 Å². The minimum absolute atomic E-state index is 0.108. The van der Waals surface area contributed by atoms with Crippen LogP contribution >= 0.6 is 35.0 Å². The fourth-order valence-electron chi connectivity index (χ4n) is 2.29. The monoisotopic (exact) mass is 386 g/mol. The fourth-order valence-corrected chi connectivity index (χ4v) is 3.64. The summed E-state index contributed by atoms with van der Waals surface area (Å²) < 4.78 is 1.63. The van der Waals surface area contributed by atoms with Crippen LogP contribution in [0.25, 0.3) is 0 Å². The Labute approximate surface area is 152 Å². The lowest BCUT2D eigenvalue weighted by molar-refractivity contribution is -0.118. The van der Waals surface area contributed by atoms with E-state index in [9.17, 15) is 9.59 Å². The molecule has 1 aromatic heterocycles. The third-order valence-corrected chi connectivity index (χ3v) is 5.19. The van der Waals surface area contributed by atoms with Gasteiger partial charge in [0.2, 0.25) is 5.91 Å². The molecular formula is C15H16Cl2N4O2S. The predicted octanol–water partition coefficient (Wildman–Crippen LogP) is 2.66. The summed E-state index contributed by atoms with van der Waals surface area (Å²) in [5.41, 5.74) is 0.724. The van der Waals surface area contributed by atoms with E-state index < -0.39 is 0 Å². The molecule has 2 aromatic rings. The Hall–Kier alpha value is -1.44. The van der Waals surface area contributed by atoms with Gasteiger partial charge >= 0.3 is 5.69 Å². The van der Waals surface area contributed by atoms with Gasteiger partial charge in [0.1, 0.15) is 0 Å². The van der Waals surface area contributed by atoms with Crippen molar-refractivity contribution in [2.75, 3.05) is 12.3 Å². The number of carbonyl (C=O) groups is 1. The molecule has 0 atom stereocenters. The van der Waals surface area contributed by atoms with E-state index in [1.54, 1.807) is 16.7 Å². The highest BCUT2D eigenvalue weighted by atomic mass is 35.5. The summed E-state index contributed by atoms with van der Waals surface area (Å²) in [5, 5.41) is 11.0. The Morgan fingerprint density at radius 3 is 2.92 bits per heavy atom. The number of hydrogen-bond acceptors (Lipinski definition) is 4. The van der Waals surface area contributed by atoms with Gasteiger partial charge in [-0.2, -0.15) is 0 Å². The largest absolute Gasteiger partial charge is 0.355 e. The van der Waals surface area contributed by atoms with E-state index in [0.29, 0.717) is 28.2 Å². The molecule has 0 spiro atoms. The molecule has 128 valence electrons. The summed E-state index contributed by atoms with van der Waals surface area (Å²) in [6.07, 6.45) is 2.60. The number of hydrogen-bond donors (Lipinski definition) is 2. The molecule has 1 aliphatic rings. The van der Waals surface area contributed by atoms with E-state index in [0.717, 1.165) is 18.4 Å². The van der Waals surface area contributed by atoms with Gasteiger partial charge < -0.3 is 5.32 Å². The molecule has 1 amide bonds. The van der Waals surface area contributed by atoms with Crippen molar-refractivity contribution in [2.45, 2.75) is 30.5 Å². The van der Waals surface area contributed by atoms with E-state index in [-0.39, 0.29) is 23.4 Å². The van der Waals surface area contributed by atoms with Gasteiger partial charge in [0.25, 0.3) is 0 Å². The topological polar surface area (TPSA) is 79.8 Å². The number of H-pyrrole nitrogens is 1. The van der Waals surface area contributed by atoms with Gasteiger partial charge in [0, 0.05) is 22.6 Å². The number of benzene rings is 1. The van der Waals surface area contributed by atoms with E-state index in [2.05, 4.69) is 15.5 Å². The quantitative estimate of drug-likeness (QED) is 0.716. The number of amides is 1. The van der Waals surface area contributed by atoms with Crippen LogP contribution in [-0.2, 0) is 11.2 Å². The number of aromatic nitrogens is 3. The van der Waals surface area contributed by atoms with Crippen LogP contribution < -0.4 is 11.0 Å². The third kappa shape index (κ3) is 4.34. The smallest absolute Gasteiger partial charge is 0.344 e. The van der Waals surface area contributed by atoms with Crippen molar-refractivity contribution in [3.05, 3.63) is 44.3 Å². The normalized spacial score (nSPS) is 13.9. The fraction of sp³-hybridized carbons (Fsp3) is 0.400. The number of carbonyl (C=O) groups excluding carboxylic acids is 1. The van der Waals surface area contributed by atoms with Crippen LogP contribution in [0.2, 0.25) is 10.0 Å². The van der Waals surface area contributed by atoms with E-state index in [1.807, 2.05) is 6.07 Å². The summed E-state index contributed by atoms with van der Waals surface area (Å²) in [4.78, 5) is 23.6. The van der Waals surface area contributed by atoms with Crippen LogP contribution in [0.4, 0.5) is 0 Å². The zero-order valence-corrected chi connectivity index (χ0v) is 15.0. The molecule has 1 fully saturated rings. The molecule has 9 heteroatoms. The van der Waals surface area contributed by atoms with Crippen molar-refractivity contribution in [3.8, 4) is 0 Å². The second kappa shape index (κ2) is 7.63. The third-order valence-electron chi connectivity index (χ3n) is 3.65. The van der Waals surface area contributed by atoms with Crippen LogP contribution in [0.1, 0.15) is 24.4 Å². The Kier molecular flexibility index (Phi) is 5.53. The molecule has 0 radical (unpaired) electrons. The summed E-state index contributed by atoms with van der Waals surface area (Å²) in [7, 11) is 0. The Morgan fingerprint density at radius 1 is 1.42 bits per heavy atom. The first-order chi connectivity index (χ1) is 11.5. The SMILES string of the molecule is O=C(CSc1n[nH]c(=O)n1C1CC1)NCCc1ccc(Cl)cc1Cl. The van der Waals surface area contributed by atoms with Gasteiger partial charge in [-0.15, -0.1) is 5.10 Å². The minimum atomic E-state index is -0.210. The van der Waals surface area contributed by atoms with Crippen molar-refractivity contribution >= 4 is 40.9 Å². The number of nitrogens with one attached hydrogen (secondary N) is 2. The van der Waals surface area contributed by atoms with Gasteiger partial charge in [-0.25, -0.2) is 9.89 Å². The average molecular weight is 387 g/mol. The Balaban J connectivity index is 1.45. The van der Waals surface area contributed by atoms with Crippen LogP contribution in [0.15, 0.2) is 28.2 Å². The molecule has 0 unspecified atom stereocenters. The van der Waals surface area contributed by atoms with Gasteiger partial charge in [-0.1, -0.05) is 41.0 Å². The van der Waals surface area contributed by atoms with Crippen molar-refractivity contribution in [1.82, 2.24) is 20.1 Å². The molecule has 24 heavy (non-hydrogen) atoms. The lowest BCUT2D eigenvalue weighted by Gasteiger charge is -2.07. The predicted molar refractivity (Wildman–Crippen MR) is 95.0 cm³/mol. The van der Waals surface area contributed by atoms with Crippen molar-refractivity contribution < 1.29 is 4.79 Å². The van der Waals surface area contributed by atoms with Crippen molar-refractivity contribution in [3.63, 3.8) is 0 Å². The number of rotatable bonds is 7. The van der Waals surface area contributed by atoms with Crippen LogP contribution in [0.3, 0.4) is 0 Å². The molecule has 1 aliphatic carbocycles. The highest BCUT2D eigenvalue weighted by molar-refractivity contribution is 7.99. The first-order valence-electron chi connectivity index (χ1n) is 7.55. The molecule has 1 aromatic carbocycles. The molecule has 6 nitrogen and oxygen atoms in total. The summed E-state index contributed by atoms with van der Waals surface area (Å²) >= 11 is 13.2. The molecule has 1 heterocycles. The Bertz CT molecular complexity index is 801. The summed E-state index contributed by atoms with van der Waals surface area (Å²) in [6, 6.07) is 5.54. The maximum Gasteiger partial charge on any atom is 0.344 e. The molecule has 0 aliphatic heterocycles. The zero-order chi connectivity index (χ0) is 17.1. The summed E-state index contributed by atoms with van der Waals surface area (Å²) in [5.74, 6) is 0.105. The van der Waals surface area contributed by atoms with Gasteiger partial charge in [0.15, 0.2) is 5.16 Å². The highest BCUT2D eigenvalue weighted by Crippen LogP contribution is 2.35. The molecule has 3 rings (SSSR count). The van der Waals surface area contributed by atoms with Crippen LogP contribution in [0.5, 0.6) is 0 Å². The molecular weight excluding hydrogens is 371 g/mol. The van der Waals surface area contributed by atoms with Crippen LogP contribution in [0, 0.1) is 0 Å². The second-order valence-corrected chi connectivity index (χ2v) is 7.32. The highest BCUT2D eigenvalue weighted by Gasteiger charge is 2.28. The lowest BCUT2D eigenvalue weighted by atomic mass is 10.1. The van der Waals surface area contributed by atoms with Crippen LogP contribution in [-0.4, -0.2) is 33.0 Å². The zero-order valence-electron chi connectivity index (χ0n) is 12.7. The number of aromatic amines is 1. The van der Waals surface area contributed by atoms with Gasteiger partial charge in [0.05, 0.1) is 5.75 Å². The second-order valence-electron chi connectivity index (χ2n) is 5.54. The standard InChI is InChI=1S/C15H16Cl2N4O2S/c16-10-2-1-9(12(17)7-10)5-6-18-13(22)8-24-15-20-19-14(23)21(15)11-3-4-11/h1-2,7,11H,3-6,8H2,(H,18,22)(H,19,23). The summed E-state index contributed by atoms with van der Waals surface area (Å²) in [6.45, 7) is 0.483. The maximum absolute atomic E-state index is 11.9. The maximum atomic E-state index is 11.9. The number of halogens is 2. The first-order valence-corrected chi connectivity index (χ1v) is 9.29. The van der Waals surface area contributed by atoms with E-state index in [4.69, 9.17) is 23.2 Å². The molecule has 0 bridgehead atoms. The van der Waals surface area contributed by atoms with E-state index >= 15 is 0 Å². The van der Waals surface area contributed by atoms with Gasteiger partial charge in [-0.3, -0.25) is 9.36 Å². The van der Waals surface area contributed by atoms with Crippen molar-refractivity contribution in [2.24, 2.45) is 0 Å². The number of thioether (sulfide) groups is 1. The minimum Gasteiger partial charge on any atom is -0.355 e. The van der Waals surface area contributed by atoms with Crippen molar-refractivity contribution in [1.29, 1.82) is 0 Å². The molecule has 1 saturated carbocycles. The lowest BCUT2D eigenvalue weighted by Crippen LogP contribution is -2.27. The first kappa shape index (κ1) is 17.4. The Morgan fingerprint density at radius 2 is 2.21 bits per heavy atom. The molecule has 2 N–H and O–H groups in total. The average Bonchev–Trinajstić information content (AvgIpc) is 3.30. The number of nitrogens with zero attached hydrogens (tertiary/aromatic N) is 2.